The van der Waals surface area contributed by atoms with Crippen LogP contribution >= 0.6 is 0 Å². The topological polar surface area (TPSA) is 63.6 Å². The van der Waals surface area contributed by atoms with Crippen molar-refractivity contribution in [2.45, 2.75) is 130 Å². The number of hydrogen-bond donors (Lipinski definition) is 1. The average molecular weight is 425 g/mol. The van der Waals surface area contributed by atoms with Crippen LogP contribution in [-0.2, 0) is 14.3 Å². The summed E-state index contributed by atoms with van der Waals surface area (Å²) in [5, 5.41) is 9.19. The van der Waals surface area contributed by atoms with Crippen molar-refractivity contribution < 1.29 is 19.4 Å². The first kappa shape index (κ1) is 27.0. The Morgan fingerprint density at radius 1 is 0.833 bits per heavy atom. The number of ether oxygens (including phenoxy) is 1. The number of hydrogen-bond acceptors (Lipinski definition) is 3. The molecule has 0 aromatic carbocycles. The summed E-state index contributed by atoms with van der Waals surface area (Å²) in [7, 11) is 0. The molecule has 1 rings (SSSR count). The normalized spacial score (nSPS) is 21.4. The van der Waals surface area contributed by atoms with Crippen LogP contribution in [0.1, 0.15) is 124 Å². The highest BCUT2D eigenvalue weighted by atomic mass is 16.5. The minimum Gasteiger partial charge on any atom is -0.481 e. The van der Waals surface area contributed by atoms with Crippen molar-refractivity contribution in [2.24, 2.45) is 23.7 Å². The van der Waals surface area contributed by atoms with Crippen LogP contribution in [0.5, 0.6) is 0 Å². The van der Waals surface area contributed by atoms with Gasteiger partial charge in [-0.2, -0.15) is 0 Å². The van der Waals surface area contributed by atoms with Gasteiger partial charge in [0, 0.05) is 0 Å². The van der Waals surface area contributed by atoms with E-state index in [2.05, 4.69) is 27.7 Å². The molecule has 0 saturated heterocycles. The van der Waals surface area contributed by atoms with E-state index < -0.39 is 5.97 Å². The van der Waals surface area contributed by atoms with Crippen LogP contribution in [0.15, 0.2) is 0 Å². The highest BCUT2D eigenvalue weighted by molar-refractivity contribution is 5.74. The molecule has 4 heteroatoms. The maximum atomic E-state index is 12.9. The van der Waals surface area contributed by atoms with Crippen LogP contribution in [0.3, 0.4) is 0 Å². The molecule has 176 valence electrons. The van der Waals surface area contributed by atoms with Gasteiger partial charge in [-0.05, 0) is 56.8 Å². The Morgan fingerprint density at radius 2 is 1.43 bits per heavy atom. The summed E-state index contributed by atoms with van der Waals surface area (Å²) in [5.41, 5.74) is 0. The average Bonchev–Trinajstić information content (AvgIpc) is 2.71. The van der Waals surface area contributed by atoms with Crippen molar-refractivity contribution in [1.29, 1.82) is 0 Å². The van der Waals surface area contributed by atoms with Crippen LogP contribution in [0, 0.1) is 23.7 Å². The zero-order valence-corrected chi connectivity index (χ0v) is 20.2. The zero-order valence-electron chi connectivity index (χ0n) is 20.2. The third-order valence-electron chi connectivity index (χ3n) is 6.76. The maximum absolute atomic E-state index is 12.9. The second kappa shape index (κ2) is 15.7. The van der Waals surface area contributed by atoms with Gasteiger partial charge in [0.25, 0.3) is 0 Å². The fourth-order valence-corrected chi connectivity index (χ4v) is 4.83. The highest BCUT2D eigenvalue weighted by Gasteiger charge is 2.32. The largest absolute Gasteiger partial charge is 0.481 e. The van der Waals surface area contributed by atoms with E-state index in [0.717, 1.165) is 25.2 Å². The van der Waals surface area contributed by atoms with Crippen LogP contribution < -0.4 is 0 Å². The molecule has 0 aromatic rings. The molecule has 0 aliphatic heterocycles. The number of carboxylic acids is 1. The monoisotopic (exact) mass is 424 g/mol. The molecule has 4 nitrogen and oxygen atoms in total. The first-order valence-electron chi connectivity index (χ1n) is 12.8. The van der Waals surface area contributed by atoms with Crippen molar-refractivity contribution in [3.05, 3.63) is 0 Å². The molecule has 0 spiro atoms. The van der Waals surface area contributed by atoms with Gasteiger partial charge in [0.05, 0.1) is 11.8 Å². The lowest BCUT2D eigenvalue weighted by molar-refractivity contribution is -0.158. The van der Waals surface area contributed by atoms with E-state index in [1.54, 1.807) is 0 Å². The third kappa shape index (κ3) is 11.4. The van der Waals surface area contributed by atoms with Gasteiger partial charge in [0.1, 0.15) is 6.10 Å². The molecule has 0 radical (unpaired) electrons. The number of carboxylic acid groups (broad SMARTS) is 1. The van der Waals surface area contributed by atoms with Crippen LogP contribution in [0.4, 0.5) is 0 Å². The van der Waals surface area contributed by atoms with E-state index in [-0.39, 0.29) is 23.9 Å². The molecule has 0 bridgehead atoms. The molecule has 1 fully saturated rings. The molecular weight excluding hydrogens is 376 g/mol. The van der Waals surface area contributed by atoms with Gasteiger partial charge in [0.2, 0.25) is 0 Å². The van der Waals surface area contributed by atoms with Gasteiger partial charge < -0.3 is 9.84 Å². The second-order valence-electron chi connectivity index (χ2n) is 10.0. The number of carbonyl (C=O) groups excluding carboxylic acids is 1. The number of unbranched alkanes of at least 4 members (excludes halogenated alkanes) is 3. The summed E-state index contributed by atoms with van der Waals surface area (Å²) >= 11 is 0. The Kier molecular flexibility index (Phi) is 14.1. The maximum Gasteiger partial charge on any atom is 0.309 e. The Bertz CT molecular complexity index is 466. The third-order valence-corrected chi connectivity index (χ3v) is 6.76. The lowest BCUT2D eigenvalue weighted by Gasteiger charge is -2.28. The van der Waals surface area contributed by atoms with Gasteiger partial charge in [-0.1, -0.05) is 79.1 Å². The van der Waals surface area contributed by atoms with Gasteiger partial charge in [-0.25, -0.2) is 0 Å². The Morgan fingerprint density at radius 3 is 2.00 bits per heavy atom. The van der Waals surface area contributed by atoms with Crippen molar-refractivity contribution in [1.82, 2.24) is 0 Å². The first-order chi connectivity index (χ1) is 14.4. The van der Waals surface area contributed by atoms with Crippen LogP contribution in [0.2, 0.25) is 0 Å². The standard InChI is InChI=1S/C26H48O4/c1-5-7-8-13-21(11-6-2)19-24(14-10-9-12-20(3)4)30-26(29)23-17-15-22(16-18-23)25(27)28/h20-24H,5-19H2,1-4H3,(H,27,28). The van der Waals surface area contributed by atoms with E-state index in [0.29, 0.717) is 31.6 Å². The fourth-order valence-electron chi connectivity index (χ4n) is 4.83. The summed E-state index contributed by atoms with van der Waals surface area (Å²) in [4.78, 5) is 24.0. The van der Waals surface area contributed by atoms with Gasteiger partial charge in [0.15, 0.2) is 0 Å². The van der Waals surface area contributed by atoms with Crippen molar-refractivity contribution in [3.63, 3.8) is 0 Å². The van der Waals surface area contributed by atoms with Gasteiger partial charge in [-0.15, -0.1) is 0 Å². The number of esters is 1. The summed E-state index contributed by atoms with van der Waals surface area (Å²) in [6, 6.07) is 0. The highest BCUT2D eigenvalue weighted by Crippen LogP contribution is 2.31. The molecule has 1 aliphatic rings. The van der Waals surface area contributed by atoms with Crippen LogP contribution in [-0.4, -0.2) is 23.1 Å². The van der Waals surface area contributed by atoms with E-state index in [9.17, 15) is 14.7 Å². The van der Waals surface area contributed by atoms with Gasteiger partial charge >= 0.3 is 11.9 Å². The lowest BCUT2D eigenvalue weighted by atomic mass is 9.82. The molecule has 1 saturated carbocycles. The van der Waals surface area contributed by atoms with E-state index in [4.69, 9.17) is 4.74 Å². The molecule has 1 aliphatic carbocycles. The summed E-state index contributed by atoms with van der Waals surface area (Å²) in [6.45, 7) is 9.01. The quantitative estimate of drug-likeness (QED) is 0.207. The zero-order chi connectivity index (χ0) is 22.4. The van der Waals surface area contributed by atoms with Gasteiger partial charge in [-0.3, -0.25) is 9.59 Å². The predicted octanol–water partition coefficient (Wildman–Crippen LogP) is 7.39. The van der Waals surface area contributed by atoms with Crippen LogP contribution in [0.25, 0.3) is 0 Å². The summed E-state index contributed by atoms with van der Waals surface area (Å²) < 4.78 is 6.09. The first-order valence-corrected chi connectivity index (χ1v) is 12.8. The lowest BCUT2D eigenvalue weighted by Crippen LogP contribution is -2.30. The number of carbonyl (C=O) groups is 2. The molecule has 0 amide bonds. The van der Waals surface area contributed by atoms with E-state index in [1.807, 2.05) is 0 Å². The SMILES string of the molecule is CCCCCC(CCC)CC(CCCCC(C)C)OC(=O)C1CCC(C(=O)O)CC1. The summed E-state index contributed by atoms with van der Waals surface area (Å²) in [5.74, 6) is 0.178. The molecule has 2 unspecified atom stereocenters. The van der Waals surface area contributed by atoms with Crippen molar-refractivity contribution in [3.8, 4) is 0 Å². The predicted molar refractivity (Wildman–Crippen MR) is 123 cm³/mol. The molecule has 0 aromatic heterocycles. The van der Waals surface area contributed by atoms with Crippen molar-refractivity contribution >= 4 is 11.9 Å². The Balaban J connectivity index is 2.61. The Hall–Kier alpha value is -1.06. The Labute approximate surface area is 185 Å². The second-order valence-corrected chi connectivity index (χ2v) is 10.0. The fraction of sp³-hybridized carbons (Fsp3) is 0.923. The summed E-state index contributed by atoms with van der Waals surface area (Å²) in [6.07, 6.45) is 15.5. The van der Waals surface area contributed by atoms with E-state index >= 15 is 0 Å². The molecular formula is C26H48O4. The molecule has 30 heavy (non-hydrogen) atoms. The van der Waals surface area contributed by atoms with Crippen molar-refractivity contribution in [2.75, 3.05) is 0 Å². The molecule has 1 N–H and O–H groups in total. The minimum atomic E-state index is -0.723. The smallest absolute Gasteiger partial charge is 0.309 e. The van der Waals surface area contributed by atoms with E-state index in [1.165, 1.54) is 51.4 Å². The number of aliphatic carboxylic acids is 1. The minimum absolute atomic E-state index is 0.0278. The molecule has 2 atom stereocenters. The number of rotatable bonds is 16. The molecule has 0 heterocycles.